The second kappa shape index (κ2) is 7.58. The number of hydrogen-bond donors (Lipinski definition) is 0. The van der Waals surface area contributed by atoms with Crippen molar-refractivity contribution in [2.75, 3.05) is 0 Å². The van der Waals surface area contributed by atoms with E-state index in [9.17, 15) is 13.2 Å². The summed E-state index contributed by atoms with van der Waals surface area (Å²) in [6, 6.07) is 7.98. The van der Waals surface area contributed by atoms with Crippen LogP contribution in [0, 0.1) is 5.92 Å². The van der Waals surface area contributed by atoms with Crippen molar-refractivity contribution in [3.05, 3.63) is 53.1 Å². The Morgan fingerprint density at radius 3 is 2.25 bits per heavy atom. The molecule has 1 unspecified atom stereocenters. The van der Waals surface area contributed by atoms with Crippen molar-refractivity contribution in [1.29, 1.82) is 0 Å². The van der Waals surface area contributed by atoms with Crippen molar-refractivity contribution < 1.29 is 13.2 Å². The monoisotopic (exact) mass is 334 g/mol. The molecule has 24 heavy (non-hydrogen) atoms. The Balaban J connectivity index is 1.68. The second-order valence-electron chi connectivity index (χ2n) is 7.17. The van der Waals surface area contributed by atoms with Crippen LogP contribution in [-0.2, 0) is 0 Å². The first kappa shape index (κ1) is 17.3. The third-order valence-corrected chi connectivity index (χ3v) is 5.50. The predicted molar refractivity (Wildman–Crippen MR) is 92.8 cm³/mol. The quantitative estimate of drug-likeness (QED) is 0.554. The van der Waals surface area contributed by atoms with Gasteiger partial charge in [0.25, 0.3) is 0 Å². The first-order valence-corrected chi connectivity index (χ1v) is 9.08. The van der Waals surface area contributed by atoms with E-state index in [1.807, 2.05) is 12.1 Å². The minimum absolute atomic E-state index is 0.0965. The van der Waals surface area contributed by atoms with Crippen molar-refractivity contribution in [1.82, 2.24) is 0 Å². The average molecular weight is 334 g/mol. The van der Waals surface area contributed by atoms with Gasteiger partial charge in [-0.3, -0.25) is 0 Å². The zero-order valence-electron chi connectivity index (χ0n) is 14.2. The molecule has 1 aromatic rings. The maximum absolute atomic E-state index is 13.5. The lowest BCUT2D eigenvalue weighted by molar-refractivity contribution is 0.308. The lowest BCUT2D eigenvalue weighted by Crippen LogP contribution is -2.13. The van der Waals surface area contributed by atoms with E-state index in [1.54, 1.807) is 0 Å². The van der Waals surface area contributed by atoms with Gasteiger partial charge in [-0.1, -0.05) is 44.0 Å². The summed E-state index contributed by atoms with van der Waals surface area (Å²) < 4.78 is 40.1. The van der Waals surface area contributed by atoms with E-state index in [0.717, 1.165) is 17.6 Å². The molecule has 2 aliphatic carbocycles. The van der Waals surface area contributed by atoms with E-state index >= 15 is 0 Å². The molecule has 0 nitrogen and oxygen atoms in total. The topological polar surface area (TPSA) is 0 Å². The van der Waals surface area contributed by atoms with Gasteiger partial charge in [0.15, 0.2) is 17.8 Å². The van der Waals surface area contributed by atoms with Crippen LogP contribution in [0.3, 0.4) is 0 Å². The lowest BCUT2D eigenvalue weighted by Gasteiger charge is -2.28. The van der Waals surface area contributed by atoms with Crippen molar-refractivity contribution in [3.8, 4) is 0 Å². The zero-order chi connectivity index (χ0) is 17.1. The third kappa shape index (κ3) is 3.76. The van der Waals surface area contributed by atoms with Crippen LogP contribution in [0.1, 0.15) is 68.9 Å². The number of allylic oxidation sites excluding steroid dienone is 4. The van der Waals surface area contributed by atoms with Gasteiger partial charge < -0.3 is 0 Å². The second-order valence-corrected chi connectivity index (χ2v) is 7.17. The highest BCUT2D eigenvalue weighted by atomic mass is 19.2. The van der Waals surface area contributed by atoms with Gasteiger partial charge in [-0.05, 0) is 60.3 Å². The summed E-state index contributed by atoms with van der Waals surface area (Å²) in [4.78, 5) is 0. The standard InChI is InChI=1S/C21H25F3/c1-2-3-14-4-6-15(7-5-14)16-8-10-17(11-9-16)18-12-19(22)21(24)20(23)13-18/h8-12,14-15,20H,2-7,13H2,1H3. The first-order chi connectivity index (χ1) is 11.6. The van der Waals surface area contributed by atoms with Crippen LogP contribution in [0.25, 0.3) is 5.57 Å². The fourth-order valence-corrected chi connectivity index (χ4v) is 4.08. The first-order valence-electron chi connectivity index (χ1n) is 9.08. The molecule has 1 saturated carbocycles. The normalized spacial score (nSPS) is 28.0. The van der Waals surface area contributed by atoms with Crippen molar-refractivity contribution >= 4 is 5.57 Å². The number of rotatable bonds is 4. The third-order valence-electron chi connectivity index (χ3n) is 5.50. The number of benzene rings is 1. The fraction of sp³-hybridized carbons (Fsp3) is 0.524. The molecule has 0 spiro atoms. The molecule has 1 atom stereocenters. The van der Waals surface area contributed by atoms with E-state index in [0.29, 0.717) is 11.5 Å². The maximum Gasteiger partial charge on any atom is 0.170 e. The van der Waals surface area contributed by atoms with Crippen LogP contribution in [-0.4, -0.2) is 6.17 Å². The van der Waals surface area contributed by atoms with Crippen molar-refractivity contribution in [2.24, 2.45) is 5.92 Å². The van der Waals surface area contributed by atoms with Gasteiger partial charge >= 0.3 is 0 Å². The molecule has 3 rings (SSSR count). The van der Waals surface area contributed by atoms with Crippen LogP contribution in [0.2, 0.25) is 0 Å². The van der Waals surface area contributed by atoms with Gasteiger partial charge in [-0.15, -0.1) is 0 Å². The molecule has 0 saturated heterocycles. The van der Waals surface area contributed by atoms with Gasteiger partial charge in [-0.2, -0.15) is 0 Å². The van der Waals surface area contributed by atoms with Crippen LogP contribution in [0.4, 0.5) is 13.2 Å². The Hall–Kier alpha value is -1.51. The Bertz CT molecular complexity index is 619. The number of alkyl halides is 1. The highest BCUT2D eigenvalue weighted by molar-refractivity contribution is 5.70. The van der Waals surface area contributed by atoms with Crippen LogP contribution in [0.15, 0.2) is 42.0 Å². The summed E-state index contributed by atoms with van der Waals surface area (Å²) in [5.41, 5.74) is 2.62. The van der Waals surface area contributed by atoms with Gasteiger partial charge in [0.05, 0.1) is 0 Å². The average Bonchev–Trinajstić information content (AvgIpc) is 2.60. The van der Waals surface area contributed by atoms with Crippen molar-refractivity contribution in [3.63, 3.8) is 0 Å². The van der Waals surface area contributed by atoms with E-state index in [-0.39, 0.29) is 6.42 Å². The Kier molecular flexibility index (Phi) is 5.47. The summed E-state index contributed by atoms with van der Waals surface area (Å²) in [6.45, 7) is 2.25. The smallest absolute Gasteiger partial charge is 0.170 e. The molecule has 0 aromatic heterocycles. The zero-order valence-corrected chi connectivity index (χ0v) is 14.2. The van der Waals surface area contributed by atoms with E-state index < -0.39 is 17.8 Å². The summed E-state index contributed by atoms with van der Waals surface area (Å²) in [7, 11) is 0. The maximum atomic E-state index is 13.5. The molecule has 2 aliphatic rings. The highest BCUT2D eigenvalue weighted by Gasteiger charge is 2.25. The van der Waals surface area contributed by atoms with Gasteiger partial charge in [0.1, 0.15) is 0 Å². The van der Waals surface area contributed by atoms with E-state index in [2.05, 4.69) is 19.1 Å². The van der Waals surface area contributed by atoms with Crippen LogP contribution >= 0.6 is 0 Å². The lowest BCUT2D eigenvalue weighted by atomic mass is 9.77. The summed E-state index contributed by atoms with van der Waals surface area (Å²) >= 11 is 0. The van der Waals surface area contributed by atoms with Crippen LogP contribution in [0.5, 0.6) is 0 Å². The largest absolute Gasteiger partial charge is 0.239 e. The molecule has 130 valence electrons. The van der Waals surface area contributed by atoms with E-state index in [4.69, 9.17) is 0 Å². The molecular weight excluding hydrogens is 309 g/mol. The van der Waals surface area contributed by atoms with Crippen LogP contribution < -0.4 is 0 Å². The molecule has 0 bridgehead atoms. The van der Waals surface area contributed by atoms with Crippen molar-refractivity contribution in [2.45, 2.75) is 64.0 Å². The molecule has 0 N–H and O–H groups in total. The Morgan fingerprint density at radius 2 is 1.67 bits per heavy atom. The highest BCUT2D eigenvalue weighted by Crippen LogP contribution is 2.38. The molecular formula is C21H25F3. The molecule has 0 heterocycles. The predicted octanol–water partition coefficient (Wildman–Crippen LogP) is 7.04. The Labute approximate surface area is 142 Å². The van der Waals surface area contributed by atoms with Gasteiger partial charge in [0.2, 0.25) is 0 Å². The van der Waals surface area contributed by atoms with E-state index in [1.165, 1.54) is 44.1 Å². The summed E-state index contributed by atoms with van der Waals surface area (Å²) in [6.07, 6.45) is 6.80. The number of hydrogen-bond acceptors (Lipinski definition) is 0. The van der Waals surface area contributed by atoms with Gasteiger partial charge in [-0.25, -0.2) is 13.2 Å². The Morgan fingerprint density at radius 1 is 1.00 bits per heavy atom. The molecule has 0 aliphatic heterocycles. The fourth-order valence-electron chi connectivity index (χ4n) is 4.08. The molecule has 0 amide bonds. The minimum Gasteiger partial charge on any atom is -0.239 e. The molecule has 1 fully saturated rings. The van der Waals surface area contributed by atoms with Gasteiger partial charge in [0, 0.05) is 6.42 Å². The SMILES string of the molecule is CCCC1CCC(c2ccc(C3=CC(F)=C(F)C(F)C3)cc2)CC1. The minimum atomic E-state index is -1.86. The molecule has 1 aromatic carbocycles. The number of halogens is 3. The summed E-state index contributed by atoms with van der Waals surface area (Å²) in [5.74, 6) is -0.888. The molecule has 0 radical (unpaired) electrons. The summed E-state index contributed by atoms with van der Waals surface area (Å²) in [5, 5.41) is 0. The molecule has 3 heteroatoms.